The molecule has 1 spiro atoms. The Balaban J connectivity index is 1.76. The first-order valence-electron chi connectivity index (χ1n) is 6.74. The van der Waals surface area contributed by atoms with Gasteiger partial charge in [-0.3, -0.25) is 0 Å². The number of hydrogen-bond acceptors (Lipinski definition) is 4. The number of ether oxygens (including phenoxy) is 4. The van der Waals surface area contributed by atoms with Crippen LogP contribution in [-0.4, -0.2) is 39.0 Å². The van der Waals surface area contributed by atoms with Gasteiger partial charge in [0.1, 0.15) is 0 Å². The molecule has 0 aromatic rings. The zero-order valence-electron chi connectivity index (χ0n) is 10.9. The lowest BCUT2D eigenvalue weighted by Crippen LogP contribution is -2.52. The molecule has 0 amide bonds. The van der Waals surface area contributed by atoms with Crippen molar-refractivity contribution in [2.45, 2.75) is 52.1 Å². The van der Waals surface area contributed by atoms with Gasteiger partial charge in [-0.1, -0.05) is 26.7 Å². The number of hydrogen-bond donors (Lipinski definition) is 0. The maximum Gasteiger partial charge on any atom is 0.157 e. The normalized spacial score (nSPS) is 38.5. The maximum absolute atomic E-state index is 5.72. The van der Waals surface area contributed by atoms with Gasteiger partial charge in [0, 0.05) is 0 Å². The predicted octanol–water partition coefficient (Wildman–Crippen LogP) is 2.32. The molecule has 0 radical (unpaired) electrons. The molecule has 0 aliphatic carbocycles. The van der Waals surface area contributed by atoms with Crippen LogP contribution in [-0.2, 0) is 18.9 Å². The van der Waals surface area contributed by atoms with E-state index in [1.54, 1.807) is 0 Å². The highest BCUT2D eigenvalue weighted by molar-refractivity contribution is 4.84. The molecular formula is C13H24O4. The summed E-state index contributed by atoms with van der Waals surface area (Å²) in [6.07, 6.45) is 4.05. The smallest absolute Gasteiger partial charge is 0.157 e. The van der Waals surface area contributed by atoms with Gasteiger partial charge in [-0.15, -0.1) is 0 Å². The average Bonchev–Trinajstić information content (AvgIpc) is 2.36. The van der Waals surface area contributed by atoms with Crippen LogP contribution >= 0.6 is 0 Å². The summed E-state index contributed by atoms with van der Waals surface area (Å²) < 4.78 is 22.9. The Labute approximate surface area is 104 Å². The zero-order valence-corrected chi connectivity index (χ0v) is 10.9. The summed E-state index contributed by atoms with van der Waals surface area (Å²) in [4.78, 5) is 0. The van der Waals surface area contributed by atoms with Crippen LogP contribution in [0.4, 0.5) is 0 Å². The van der Waals surface area contributed by atoms with Crippen molar-refractivity contribution < 1.29 is 18.9 Å². The molecule has 0 atom stereocenters. The van der Waals surface area contributed by atoms with Gasteiger partial charge in [0.05, 0.1) is 31.8 Å². The first-order valence-corrected chi connectivity index (χ1v) is 6.74. The SMILES string of the molecule is CCCC1OCC2(CO1)COC(CCC)OC2. The summed E-state index contributed by atoms with van der Waals surface area (Å²) in [5.74, 6) is 0. The van der Waals surface area contributed by atoms with Crippen LogP contribution in [0.2, 0.25) is 0 Å². The van der Waals surface area contributed by atoms with Crippen LogP contribution in [0.15, 0.2) is 0 Å². The van der Waals surface area contributed by atoms with Gasteiger partial charge in [0.25, 0.3) is 0 Å². The van der Waals surface area contributed by atoms with E-state index in [1.165, 1.54) is 0 Å². The van der Waals surface area contributed by atoms with E-state index in [9.17, 15) is 0 Å². The molecule has 0 N–H and O–H groups in total. The van der Waals surface area contributed by atoms with Crippen LogP contribution in [0.3, 0.4) is 0 Å². The molecule has 2 aliphatic rings. The Morgan fingerprint density at radius 3 is 1.41 bits per heavy atom. The third kappa shape index (κ3) is 3.41. The van der Waals surface area contributed by atoms with Crippen molar-refractivity contribution in [3.8, 4) is 0 Å². The minimum atomic E-state index is -0.0749. The van der Waals surface area contributed by atoms with E-state index in [4.69, 9.17) is 18.9 Å². The van der Waals surface area contributed by atoms with Gasteiger partial charge in [0.2, 0.25) is 0 Å². The standard InChI is InChI=1S/C13H24O4/c1-3-5-11-14-7-13(8-15-11)9-16-12(6-4-2)17-10-13/h11-12H,3-10H2,1-2H3. The van der Waals surface area contributed by atoms with E-state index < -0.39 is 0 Å². The lowest BCUT2D eigenvalue weighted by Gasteiger charge is -2.43. The second kappa shape index (κ2) is 6.14. The van der Waals surface area contributed by atoms with Crippen LogP contribution in [0.25, 0.3) is 0 Å². The topological polar surface area (TPSA) is 36.9 Å². The molecule has 2 aliphatic heterocycles. The fourth-order valence-corrected chi connectivity index (χ4v) is 2.23. The fraction of sp³-hybridized carbons (Fsp3) is 1.00. The second-order valence-electron chi connectivity index (χ2n) is 5.18. The molecular weight excluding hydrogens is 220 g/mol. The summed E-state index contributed by atoms with van der Waals surface area (Å²) in [7, 11) is 0. The molecule has 4 heteroatoms. The first kappa shape index (κ1) is 13.3. The molecule has 2 rings (SSSR count). The maximum atomic E-state index is 5.72. The van der Waals surface area contributed by atoms with Gasteiger partial charge in [-0.2, -0.15) is 0 Å². The van der Waals surface area contributed by atoms with E-state index in [-0.39, 0.29) is 18.0 Å². The summed E-state index contributed by atoms with van der Waals surface area (Å²) in [6.45, 7) is 7.04. The van der Waals surface area contributed by atoms with Crippen LogP contribution in [0.1, 0.15) is 39.5 Å². The van der Waals surface area contributed by atoms with E-state index in [0.717, 1.165) is 25.7 Å². The van der Waals surface area contributed by atoms with Crippen molar-refractivity contribution in [2.75, 3.05) is 26.4 Å². The average molecular weight is 244 g/mol. The van der Waals surface area contributed by atoms with Crippen molar-refractivity contribution in [1.29, 1.82) is 0 Å². The lowest BCUT2D eigenvalue weighted by atomic mass is 9.90. The molecule has 2 heterocycles. The summed E-state index contributed by atoms with van der Waals surface area (Å²) in [6, 6.07) is 0. The highest BCUT2D eigenvalue weighted by Gasteiger charge is 2.41. The summed E-state index contributed by atoms with van der Waals surface area (Å²) >= 11 is 0. The van der Waals surface area contributed by atoms with Crippen molar-refractivity contribution in [3.63, 3.8) is 0 Å². The Morgan fingerprint density at radius 2 is 1.12 bits per heavy atom. The van der Waals surface area contributed by atoms with E-state index >= 15 is 0 Å². The fourth-order valence-electron chi connectivity index (χ4n) is 2.23. The Morgan fingerprint density at radius 1 is 0.765 bits per heavy atom. The van der Waals surface area contributed by atoms with Crippen molar-refractivity contribution in [2.24, 2.45) is 5.41 Å². The van der Waals surface area contributed by atoms with Gasteiger partial charge in [-0.05, 0) is 12.8 Å². The quantitative estimate of drug-likeness (QED) is 0.760. The van der Waals surface area contributed by atoms with Crippen molar-refractivity contribution in [1.82, 2.24) is 0 Å². The predicted molar refractivity (Wildman–Crippen MR) is 63.6 cm³/mol. The zero-order chi connectivity index (χ0) is 12.1. The van der Waals surface area contributed by atoms with Gasteiger partial charge < -0.3 is 18.9 Å². The Hall–Kier alpha value is -0.160. The second-order valence-corrected chi connectivity index (χ2v) is 5.18. The van der Waals surface area contributed by atoms with Crippen molar-refractivity contribution >= 4 is 0 Å². The van der Waals surface area contributed by atoms with Gasteiger partial charge >= 0.3 is 0 Å². The van der Waals surface area contributed by atoms with Crippen LogP contribution < -0.4 is 0 Å². The van der Waals surface area contributed by atoms with E-state index in [0.29, 0.717) is 26.4 Å². The largest absolute Gasteiger partial charge is 0.352 e. The third-order valence-electron chi connectivity index (χ3n) is 3.35. The van der Waals surface area contributed by atoms with Gasteiger partial charge in [-0.25, -0.2) is 0 Å². The monoisotopic (exact) mass is 244 g/mol. The Bertz CT molecular complexity index is 188. The van der Waals surface area contributed by atoms with Crippen LogP contribution in [0, 0.1) is 5.41 Å². The minimum Gasteiger partial charge on any atom is -0.352 e. The van der Waals surface area contributed by atoms with E-state index in [2.05, 4.69) is 13.8 Å². The highest BCUT2D eigenvalue weighted by atomic mass is 16.7. The highest BCUT2D eigenvalue weighted by Crippen LogP contribution is 2.31. The molecule has 4 nitrogen and oxygen atoms in total. The summed E-state index contributed by atoms with van der Waals surface area (Å²) in [5, 5.41) is 0. The minimum absolute atomic E-state index is 0.0287. The van der Waals surface area contributed by atoms with Crippen molar-refractivity contribution in [3.05, 3.63) is 0 Å². The molecule has 17 heavy (non-hydrogen) atoms. The molecule has 0 aromatic heterocycles. The van der Waals surface area contributed by atoms with Crippen LogP contribution in [0.5, 0.6) is 0 Å². The first-order chi connectivity index (χ1) is 8.28. The Kier molecular flexibility index (Phi) is 4.79. The molecule has 0 bridgehead atoms. The summed E-state index contributed by atoms with van der Waals surface area (Å²) in [5.41, 5.74) is -0.0749. The third-order valence-corrected chi connectivity index (χ3v) is 3.35. The molecule has 100 valence electrons. The molecule has 0 unspecified atom stereocenters. The van der Waals surface area contributed by atoms with E-state index in [1.807, 2.05) is 0 Å². The lowest BCUT2D eigenvalue weighted by molar-refractivity contribution is -0.303. The molecule has 0 aromatic carbocycles. The molecule has 2 fully saturated rings. The van der Waals surface area contributed by atoms with Gasteiger partial charge in [0.15, 0.2) is 12.6 Å². The molecule has 2 saturated heterocycles. The number of rotatable bonds is 4. The molecule has 0 saturated carbocycles.